The van der Waals surface area contributed by atoms with E-state index in [-0.39, 0.29) is 22.4 Å². The topological polar surface area (TPSA) is 106 Å². The lowest BCUT2D eigenvalue weighted by Gasteiger charge is -2.34. The van der Waals surface area contributed by atoms with Gasteiger partial charge in [-0.3, -0.25) is 4.90 Å². The van der Waals surface area contributed by atoms with Gasteiger partial charge in [0.15, 0.2) is 19.7 Å². The van der Waals surface area contributed by atoms with E-state index in [1.807, 2.05) is 12.1 Å². The van der Waals surface area contributed by atoms with Crippen molar-refractivity contribution in [2.45, 2.75) is 41.5 Å². The van der Waals surface area contributed by atoms with E-state index in [1.54, 1.807) is 18.4 Å². The van der Waals surface area contributed by atoms with Gasteiger partial charge in [-0.25, -0.2) is 16.8 Å². The number of likely N-dealkylation sites (tertiary alicyclic amines) is 1. The number of methoxy groups -OCH3 is 1. The minimum atomic E-state index is -3.84. The summed E-state index contributed by atoms with van der Waals surface area (Å²) in [5.74, 6) is 0.766. The van der Waals surface area contributed by atoms with Gasteiger partial charge in [0.1, 0.15) is 11.5 Å². The Morgan fingerprint density at radius 3 is 2.47 bits per heavy atom. The first-order valence-corrected chi connectivity index (χ1v) is 14.3. The van der Waals surface area contributed by atoms with Gasteiger partial charge in [0, 0.05) is 12.6 Å². The van der Waals surface area contributed by atoms with Crippen LogP contribution in [0.2, 0.25) is 0 Å². The average Bonchev–Trinajstić information content (AvgIpc) is 3.43. The van der Waals surface area contributed by atoms with E-state index < -0.39 is 31.0 Å². The number of nitrogens with one attached hydrogen (secondary N) is 1. The van der Waals surface area contributed by atoms with Crippen molar-refractivity contribution in [1.82, 2.24) is 10.2 Å². The van der Waals surface area contributed by atoms with E-state index in [0.717, 1.165) is 31.7 Å². The Kier molecular flexibility index (Phi) is 6.94. The minimum absolute atomic E-state index is 0.0713. The zero-order valence-corrected chi connectivity index (χ0v) is 19.8. The summed E-state index contributed by atoms with van der Waals surface area (Å²) >= 11 is 0. The van der Waals surface area contributed by atoms with Crippen molar-refractivity contribution in [3.8, 4) is 5.75 Å². The molecule has 2 fully saturated rings. The van der Waals surface area contributed by atoms with Crippen LogP contribution in [-0.2, 0) is 19.7 Å². The highest BCUT2D eigenvalue weighted by molar-refractivity contribution is 7.96. The predicted molar refractivity (Wildman–Crippen MR) is 121 cm³/mol. The van der Waals surface area contributed by atoms with Crippen LogP contribution >= 0.6 is 0 Å². The lowest BCUT2D eigenvalue weighted by Crippen LogP contribution is -2.47. The zero-order chi connectivity index (χ0) is 22.8. The predicted octanol–water partition coefficient (Wildman–Crippen LogP) is 2.04. The molecule has 32 heavy (non-hydrogen) atoms. The van der Waals surface area contributed by atoms with Gasteiger partial charge in [-0.15, -0.1) is 0 Å². The molecular formula is C22H30N2O6S2. The van der Waals surface area contributed by atoms with Crippen molar-refractivity contribution >= 4 is 19.7 Å². The van der Waals surface area contributed by atoms with E-state index in [0.29, 0.717) is 12.3 Å². The van der Waals surface area contributed by atoms with Gasteiger partial charge in [0.2, 0.25) is 0 Å². The Hall–Kier alpha value is -1.88. The summed E-state index contributed by atoms with van der Waals surface area (Å²) in [7, 11) is -5.82. The third kappa shape index (κ3) is 5.03. The van der Waals surface area contributed by atoms with Gasteiger partial charge < -0.3 is 14.5 Å². The Bertz CT molecular complexity index is 1090. The zero-order valence-electron chi connectivity index (χ0n) is 18.1. The van der Waals surface area contributed by atoms with Crippen molar-refractivity contribution in [3.63, 3.8) is 0 Å². The fourth-order valence-corrected chi connectivity index (χ4v) is 9.35. The van der Waals surface area contributed by atoms with Crippen LogP contribution in [-0.4, -0.2) is 71.3 Å². The van der Waals surface area contributed by atoms with Crippen LogP contribution in [0, 0.1) is 0 Å². The van der Waals surface area contributed by atoms with E-state index >= 15 is 0 Å². The average molecular weight is 483 g/mol. The molecule has 2 aromatic rings. The highest BCUT2D eigenvalue weighted by atomic mass is 32.2. The van der Waals surface area contributed by atoms with Gasteiger partial charge in [0.05, 0.1) is 41.1 Å². The molecule has 10 heteroatoms. The summed E-state index contributed by atoms with van der Waals surface area (Å²) in [5, 5.41) is 2.24. The minimum Gasteiger partial charge on any atom is -0.497 e. The molecule has 0 saturated carbocycles. The third-order valence-corrected chi connectivity index (χ3v) is 10.5. The lowest BCUT2D eigenvalue weighted by atomic mass is 10.1. The van der Waals surface area contributed by atoms with Crippen LogP contribution in [0.4, 0.5) is 0 Å². The van der Waals surface area contributed by atoms with Crippen LogP contribution in [0.1, 0.15) is 31.1 Å². The number of ether oxygens (including phenoxy) is 1. The molecule has 1 N–H and O–H groups in total. The molecule has 0 bridgehead atoms. The van der Waals surface area contributed by atoms with Crippen LogP contribution in [0.15, 0.2) is 52.0 Å². The molecule has 3 atom stereocenters. The molecule has 0 amide bonds. The van der Waals surface area contributed by atoms with Crippen molar-refractivity contribution in [2.24, 2.45) is 0 Å². The largest absolute Gasteiger partial charge is 0.497 e. The maximum Gasteiger partial charge on any atom is 0.183 e. The number of piperidine rings is 1. The molecule has 2 aliphatic rings. The van der Waals surface area contributed by atoms with Crippen molar-refractivity contribution in [2.75, 3.05) is 38.2 Å². The first-order chi connectivity index (χ1) is 15.3. The molecule has 176 valence electrons. The third-order valence-electron chi connectivity index (χ3n) is 6.36. The Morgan fingerprint density at radius 1 is 1.12 bits per heavy atom. The fourth-order valence-electron chi connectivity index (χ4n) is 4.64. The van der Waals surface area contributed by atoms with E-state index in [2.05, 4.69) is 10.2 Å². The first kappa shape index (κ1) is 23.3. The second kappa shape index (κ2) is 9.54. The summed E-state index contributed by atoms with van der Waals surface area (Å²) in [6.07, 6.45) is 5.02. The summed E-state index contributed by atoms with van der Waals surface area (Å²) in [6.45, 7) is 2.29. The van der Waals surface area contributed by atoms with Gasteiger partial charge in [-0.2, -0.15) is 0 Å². The van der Waals surface area contributed by atoms with Gasteiger partial charge in [-0.05, 0) is 62.3 Å². The van der Waals surface area contributed by atoms with Gasteiger partial charge in [0.25, 0.3) is 0 Å². The Morgan fingerprint density at radius 2 is 1.84 bits per heavy atom. The number of sulfone groups is 2. The number of nitrogens with zero attached hydrogens (tertiary/aromatic N) is 1. The van der Waals surface area contributed by atoms with Crippen molar-refractivity contribution in [1.29, 1.82) is 0 Å². The standard InChI is InChI=1S/C22H30N2O6S2/c1-29-17-7-9-18(10-8-17)32(27,28)22-16-31(25,26)15-19(22)23-14-20(21-6-5-13-30-21)24-11-3-2-4-12-24/h5-10,13,19-20,22-23H,2-4,11-12,14-16H2,1H3/t19-,20?,22-/m0/s1. The molecular weight excluding hydrogens is 452 g/mol. The van der Waals surface area contributed by atoms with Gasteiger partial charge >= 0.3 is 0 Å². The van der Waals surface area contributed by atoms with Gasteiger partial charge in [-0.1, -0.05) is 6.42 Å². The Balaban J connectivity index is 1.55. The molecule has 1 unspecified atom stereocenters. The number of hydrogen-bond donors (Lipinski definition) is 1. The summed E-state index contributed by atoms with van der Waals surface area (Å²) < 4.78 is 62.3. The van der Waals surface area contributed by atoms with Crippen LogP contribution in [0.3, 0.4) is 0 Å². The number of hydrogen-bond acceptors (Lipinski definition) is 8. The molecule has 1 aromatic heterocycles. The first-order valence-electron chi connectivity index (χ1n) is 10.9. The SMILES string of the molecule is COc1ccc(S(=O)(=O)[C@H]2CS(=O)(=O)C[C@@H]2NCC(c2ccco2)N2CCCCC2)cc1. The highest BCUT2D eigenvalue weighted by Crippen LogP contribution is 2.29. The summed E-state index contributed by atoms with van der Waals surface area (Å²) in [5.41, 5.74) is 0. The molecule has 2 aliphatic heterocycles. The maximum atomic E-state index is 13.3. The fraction of sp³-hybridized carbons (Fsp3) is 0.545. The van der Waals surface area contributed by atoms with E-state index in [9.17, 15) is 16.8 Å². The van der Waals surface area contributed by atoms with Crippen LogP contribution < -0.4 is 10.1 Å². The molecule has 4 rings (SSSR count). The second-order valence-corrected chi connectivity index (χ2v) is 12.8. The lowest BCUT2D eigenvalue weighted by molar-refractivity contribution is 0.141. The number of rotatable bonds is 8. The molecule has 0 spiro atoms. The monoisotopic (exact) mass is 482 g/mol. The quantitative estimate of drug-likeness (QED) is 0.609. The molecule has 0 radical (unpaired) electrons. The smallest absolute Gasteiger partial charge is 0.183 e. The number of benzene rings is 1. The van der Waals surface area contributed by atoms with Crippen LogP contribution in [0.5, 0.6) is 5.75 Å². The van der Waals surface area contributed by atoms with E-state index in [4.69, 9.17) is 9.15 Å². The molecule has 0 aliphatic carbocycles. The summed E-state index contributed by atoms with van der Waals surface area (Å²) in [6, 6.07) is 9.07. The van der Waals surface area contributed by atoms with Crippen LogP contribution in [0.25, 0.3) is 0 Å². The maximum absolute atomic E-state index is 13.3. The molecule has 8 nitrogen and oxygen atoms in total. The van der Waals surface area contributed by atoms with E-state index in [1.165, 1.54) is 25.7 Å². The second-order valence-electron chi connectivity index (χ2n) is 8.48. The normalized spacial score (nSPS) is 24.9. The highest BCUT2D eigenvalue weighted by Gasteiger charge is 2.46. The summed E-state index contributed by atoms with van der Waals surface area (Å²) in [4.78, 5) is 2.43. The number of furan rings is 1. The molecule has 3 heterocycles. The molecule has 2 saturated heterocycles. The van der Waals surface area contributed by atoms with Crippen molar-refractivity contribution in [3.05, 3.63) is 48.4 Å². The Labute approximate surface area is 189 Å². The molecule has 1 aromatic carbocycles. The van der Waals surface area contributed by atoms with Crippen molar-refractivity contribution < 1.29 is 26.0 Å².